The predicted molar refractivity (Wildman–Crippen MR) is 171 cm³/mol. The molecule has 0 saturated heterocycles. The molecule has 2 aliphatic carbocycles. The second-order valence-corrected chi connectivity index (χ2v) is 12.0. The summed E-state index contributed by atoms with van der Waals surface area (Å²) >= 11 is 0. The molecule has 2 aromatic carbocycles. The first-order chi connectivity index (χ1) is 19.4. The van der Waals surface area contributed by atoms with Gasteiger partial charge in [-0.3, -0.25) is 4.79 Å². The molecule has 5 heteroatoms. The number of nitrogens with zero attached hydrogens (tertiary/aromatic N) is 1. The van der Waals surface area contributed by atoms with Gasteiger partial charge >= 0.3 is 0 Å². The summed E-state index contributed by atoms with van der Waals surface area (Å²) < 4.78 is 12.6. The highest BCUT2D eigenvalue weighted by atomic mass is 16.5. The largest absolute Gasteiger partial charge is 0.490 e. The van der Waals surface area contributed by atoms with Gasteiger partial charge in [0.25, 0.3) is 0 Å². The molecule has 0 bridgehead atoms. The Bertz CT molecular complexity index is 1170. The van der Waals surface area contributed by atoms with Crippen molar-refractivity contribution in [3.8, 4) is 5.75 Å². The van der Waals surface area contributed by atoms with Crippen LogP contribution in [0.4, 0.5) is 5.69 Å². The third-order valence-corrected chi connectivity index (χ3v) is 9.31. The standard InChI is InChI=1S/C34H45NO3.C2H6.H2O/c1-5-6-7-8-11-32(37-4)29-15-13-28(29)21-35-22-34(18-9-10-27-19-24(2)12-16-30(27)34)23-38-33-17-14-26(25(3)36)20-31(33)35;1-2;/h8,11-12,14,16-17,19-20,28-29,32H,5-7,9-10,13,15,18,21-23H2,1-4H3;1-2H3;1H2/b11-8+;;/t28-,29+,32-,34-;;/m0../s1. The fourth-order valence-electron chi connectivity index (χ4n) is 6.98. The molecule has 1 aliphatic heterocycles. The van der Waals surface area contributed by atoms with Crippen LogP contribution in [0.2, 0.25) is 0 Å². The molecular formula is C36H53NO4. The van der Waals surface area contributed by atoms with Gasteiger partial charge in [0.05, 0.1) is 18.4 Å². The minimum Gasteiger partial charge on any atom is -0.490 e. The molecule has 2 N–H and O–H groups in total. The molecule has 0 aromatic heterocycles. The van der Waals surface area contributed by atoms with Gasteiger partial charge in [-0.25, -0.2) is 0 Å². The Labute approximate surface area is 248 Å². The zero-order chi connectivity index (χ0) is 28.7. The summed E-state index contributed by atoms with van der Waals surface area (Å²) in [5.41, 5.74) is 6.05. The number of aryl methyl sites for hydroxylation is 2. The smallest absolute Gasteiger partial charge is 0.159 e. The summed E-state index contributed by atoms with van der Waals surface area (Å²) in [6, 6.07) is 13.0. The van der Waals surface area contributed by atoms with Gasteiger partial charge in [-0.2, -0.15) is 0 Å². The maximum absolute atomic E-state index is 12.3. The fourth-order valence-corrected chi connectivity index (χ4v) is 6.98. The van der Waals surface area contributed by atoms with E-state index in [-0.39, 0.29) is 22.8 Å². The van der Waals surface area contributed by atoms with Crippen molar-refractivity contribution in [1.29, 1.82) is 0 Å². The zero-order valence-electron chi connectivity index (χ0n) is 26.3. The van der Waals surface area contributed by atoms with Gasteiger partial charge in [-0.15, -0.1) is 0 Å². The molecule has 2 aromatic rings. The number of anilines is 1. The van der Waals surface area contributed by atoms with Crippen LogP contribution in [0, 0.1) is 18.8 Å². The Kier molecular flexibility index (Phi) is 12.0. The number of carbonyl (C=O) groups excluding carboxylic acids is 1. The molecule has 0 amide bonds. The summed E-state index contributed by atoms with van der Waals surface area (Å²) in [5.74, 6) is 2.09. The molecule has 226 valence electrons. The summed E-state index contributed by atoms with van der Waals surface area (Å²) in [4.78, 5) is 14.9. The van der Waals surface area contributed by atoms with E-state index in [0.29, 0.717) is 18.4 Å². The third kappa shape index (κ3) is 7.24. The van der Waals surface area contributed by atoms with Gasteiger partial charge in [0.15, 0.2) is 5.78 Å². The van der Waals surface area contributed by atoms with Crippen LogP contribution < -0.4 is 9.64 Å². The van der Waals surface area contributed by atoms with Gasteiger partial charge in [0.1, 0.15) is 5.75 Å². The fraction of sp³-hybridized carbons (Fsp3) is 0.583. The van der Waals surface area contributed by atoms with Gasteiger partial charge in [0.2, 0.25) is 0 Å². The minimum atomic E-state index is -0.0450. The Hall–Kier alpha value is -2.63. The van der Waals surface area contributed by atoms with E-state index in [1.165, 1.54) is 48.8 Å². The molecular weight excluding hydrogens is 510 g/mol. The number of fused-ring (bicyclic) bond motifs is 3. The van der Waals surface area contributed by atoms with Crippen LogP contribution in [0.25, 0.3) is 0 Å². The van der Waals surface area contributed by atoms with Crippen molar-refractivity contribution in [3.05, 3.63) is 70.8 Å². The van der Waals surface area contributed by atoms with Crippen molar-refractivity contribution >= 4 is 11.5 Å². The van der Waals surface area contributed by atoms with E-state index in [1.807, 2.05) is 33.1 Å². The van der Waals surface area contributed by atoms with Crippen LogP contribution >= 0.6 is 0 Å². The molecule has 1 saturated carbocycles. The van der Waals surface area contributed by atoms with E-state index >= 15 is 0 Å². The maximum atomic E-state index is 12.3. The number of ketones is 1. The lowest BCUT2D eigenvalue weighted by Crippen LogP contribution is -2.49. The lowest BCUT2D eigenvalue weighted by Gasteiger charge is -2.46. The average molecular weight is 564 g/mol. The van der Waals surface area contributed by atoms with Crippen LogP contribution in [-0.2, 0) is 16.6 Å². The predicted octanol–water partition coefficient (Wildman–Crippen LogP) is 7.66. The highest BCUT2D eigenvalue weighted by molar-refractivity contribution is 5.95. The molecule has 5 nitrogen and oxygen atoms in total. The SMILES string of the molecule is CC.CCCC/C=C/[C@H](OC)[C@@H]1CC[C@H]1CN1C[C@@]2(CCCc3cc(C)ccc32)COc2ccc(C(C)=O)cc21.O. The molecule has 1 heterocycles. The number of unbranched alkanes of at least 4 members (excludes halogenated alkanes) is 2. The number of hydrogen-bond donors (Lipinski definition) is 0. The third-order valence-electron chi connectivity index (χ3n) is 9.31. The van der Waals surface area contributed by atoms with Crippen LogP contribution in [0.3, 0.4) is 0 Å². The quantitative estimate of drug-likeness (QED) is 0.178. The minimum absolute atomic E-state index is 0. The van der Waals surface area contributed by atoms with Crippen molar-refractivity contribution in [2.45, 2.75) is 97.5 Å². The van der Waals surface area contributed by atoms with E-state index < -0.39 is 0 Å². The van der Waals surface area contributed by atoms with Gasteiger partial charge in [0, 0.05) is 31.2 Å². The van der Waals surface area contributed by atoms with E-state index in [2.05, 4.69) is 55.2 Å². The lowest BCUT2D eigenvalue weighted by atomic mass is 9.68. The first kappa shape index (κ1) is 32.9. The number of carbonyl (C=O) groups is 1. The molecule has 0 radical (unpaired) electrons. The topological polar surface area (TPSA) is 70.3 Å². The number of benzene rings is 2. The van der Waals surface area contributed by atoms with E-state index in [1.54, 1.807) is 6.92 Å². The Morgan fingerprint density at radius 1 is 1.20 bits per heavy atom. The van der Waals surface area contributed by atoms with Gasteiger partial charge < -0.3 is 19.8 Å². The zero-order valence-corrected chi connectivity index (χ0v) is 26.3. The normalized spacial score (nSPS) is 23.6. The van der Waals surface area contributed by atoms with E-state index in [9.17, 15) is 4.79 Å². The highest BCUT2D eigenvalue weighted by Gasteiger charge is 2.44. The number of allylic oxidation sites excluding steroid dienone is 1. The Balaban J connectivity index is 0.00000151. The highest BCUT2D eigenvalue weighted by Crippen LogP contribution is 2.46. The molecule has 1 fully saturated rings. The second-order valence-electron chi connectivity index (χ2n) is 12.0. The van der Waals surface area contributed by atoms with Crippen LogP contribution in [0.15, 0.2) is 48.6 Å². The number of methoxy groups -OCH3 is 1. The molecule has 41 heavy (non-hydrogen) atoms. The molecule has 4 atom stereocenters. The number of ether oxygens (including phenoxy) is 2. The first-order valence-electron chi connectivity index (χ1n) is 15.8. The monoisotopic (exact) mass is 563 g/mol. The summed E-state index contributed by atoms with van der Waals surface area (Å²) in [7, 11) is 1.86. The molecule has 3 aliphatic rings. The van der Waals surface area contributed by atoms with E-state index in [0.717, 1.165) is 49.4 Å². The molecule has 1 spiro atoms. The summed E-state index contributed by atoms with van der Waals surface area (Å²) in [6.45, 7) is 12.7. The number of hydrogen-bond acceptors (Lipinski definition) is 4. The van der Waals surface area contributed by atoms with Gasteiger partial charge in [-0.05, 0) is 93.5 Å². The van der Waals surface area contributed by atoms with Gasteiger partial charge in [-0.1, -0.05) is 69.5 Å². The van der Waals surface area contributed by atoms with Crippen molar-refractivity contribution in [2.75, 3.05) is 31.7 Å². The Morgan fingerprint density at radius 2 is 2.00 bits per heavy atom. The molecule has 0 unspecified atom stereocenters. The van der Waals surface area contributed by atoms with Crippen LogP contribution in [-0.4, -0.2) is 44.2 Å². The summed E-state index contributed by atoms with van der Waals surface area (Å²) in [5, 5.41) is 0. The van der Waals surface area contributed by atoms with E-state index in [4.69, 9.17) is 9.47 Å². The Morgan fingerprint density at radius 3 is 2.68 bits per heavy atom. The lowest BCUT2D eigenvalue weighted by molar-refractivity contribution is 0.0132. The van der Waals surface area contributed by atoms with Crippen molar-refractivity contribution in [2.24, 2.45) is 11.8 Å². The maximum Gasteiger partial charge on any atom is 0.159 e. The number of Topliss-reactive ketones (excluding diaryl/α,β-unsaturated/α-hetero) is 1. The van der Waals surface area contributed by atoms with Crippen LogP contribution in [0.1, 0.15) is 99.7 Å². The van der Waals surface area contributed by atoms with Crippen molar-refractivity contribution in [3.63, 3.8) is 0 Å². The first-order valence-corrected chi connectivity index (χ1v) is 15.8. The second kappa shape index (κ2) is 15.0. The molecule has 5 rings (SSSR count). The summed E-state index contributed by atoms with van der Waals surface area (Å²) in [6.07, 6.45) is 14.2. The van der Waals surface area contributed by atoms with Crippen molar-refractivity contribution < 1.29 is 19.7 Å². The van der Waals surface area contributed by atoms with Crippen LogP contribution in [0.5, 0.6) is 5.75 Å². The van der Waals surface area contributed by atoms with Crippen molar-refractivity contribution in [1.82, 2.24) is 0 Å². The number of rotatable bonds is 9. The average Bonchev–Trinajstić information content (AvgIpc) is 3.10.